The van der Waals surface area contributed by atoms with Crippen molar-refractivity contribution in [1.82, 2.24) is 0 Å². The number of nitrogens with two attached hydrogens (primary N) is 1. The molecule has 1 unspecified atom stereocenters. The fourth-order valence-corrected chi connectivity index (χ4v) is 2.16. The molecule has 0 aromatic heterocycles. The van der Waals surface area contributed by atoms with E-state index in [1.165, 1.54) is 5.56 Å². The smallest absolute Gasteiger partial charge is 0.138 e. The summed E-state index contributed by atoms with van der Waals surface area (Å²) in [6.45, 7) is 6.38. The molecule has 3 N–H and O–H groups in total. The van der Waals surface area contributed by atoms with Gasteiger partial charge in [-0.05, 0) is 54.7 Å². The molecule has 0 amide bonds. The molecule has 2 aromatic carbocycles. The molecule has 0 radical (unpaired) electrons. The van der Waals surface area contributed by atoms with E-state index in [2.05, 4.69) is 26.0 Å². The van der Waals surface area contributed by atoms with Crippen LogP contribution >= 0.6 is 0 Å². The van der Waals surface area contributed by atoms with Crippen LogP contribution in [0.3, 0.4) is 0 Å². The number of rotatable bonds is 5. The summed E-state index contributed by atoms with van der Waals surface area (Å²) in [5.74, 6) is 1.95. The van der Waals surface area contributed by atoms with E-state index in [1.54, 1.807) is 0 Å². The molecule has 0 fully saturated rings. The summed E-state index contributed by atoms with van der Waals surface area (Å²) in [5, 5.41) is 7.63. The van der Waals surface area contributed by atoms with Crippen molar-refractivity contribution in [3.63, 3.8) is 0 Å². The number of nitrogens with one attached hydrogen (secondary N) is 1. The Hall–Kier alpha value is -2.29. The SMILES string of the molecule is CCC(C)c1ccc(Oc2cc(C)ccc2C(=N)N)cc1. The first kappa shape index (κ1) is 15.1. The predicted octanol–water partition coefficient (Wildman–Crippen LogP) is 4.58. The van der Waals surface area contributed by atoms with Gasteiger partial charge in [-0.2, -0.15) is 0 Å². The van der Waals surface area contributed by atoms with Crippen molar-refractivity contribution in [3.8, 4) is 11.5 Å². The number of benzene rings is 2. The van der Waals surface area contributed by atoms with Crippen molar-refractivity contribution < 1.29 is 4.74 Å². The zero-order valence-corrected chi connectivity index (χ0v) is 12.8. The van der Waals surface area contributed by atoms with Crippen molar-refractivity contribution in [2.24, 2.45) is 5.73 Å². The van der Waals surface area contributed by atoms with Crippen LogP contribution in [0.25, 0.3) is 0 Å². The number of aryl methyl sites for hydroxylation is 1. The molecule has 0 bridgehead atoms. The second-order valence-corrected chi connectivity index (χ2v) is 5.39. The largest absolute Gasteiger partial charge is 0.457 e. The van der Waals surface area contributed by atoms with Crippen LogP contribution in [-0.2, 0) is 0 Å². The van der Waals surface area contributed by atoms with Crippen LogP contribution in [-0.4, -0.2) is 5.84 Å². The van der Waals surface area contributed by atoms with Gasteiger partial charge < -0.3 is 10.5 Å². The van der Waals surface area contributed by atoms with Gasteiger partial charge in [0.2, 0.25) is 0 Å². The van der Waals surface area contributed by atoms with Crippen LogP contribution in [0.4, 0.5) is 0 Å². The van der Waals surface area contributed by atoms with Gasteiger partial charge in [-0.3, -0.25) is 5.41 Å². The normalized spacial score (nSPS) is 12.0. The van der Waals surface area contributed by atoms with E-state index in [4.69, 9.17) is 15.9 Å². The molecule has 0 spiro atoms. The third-order valence-corrected chi connectivity index (χ3v) is 3.72. The highest BCUT2D eigenvalue weighted by Crippen LogP contribution is 2.28. The zero-order valence-electron chi connectivity index (χ0n) is 12.8. The van der Waals surface area contributed by atoms with Gasteiger partial charge in [-0.25, -0.2) is 0 Å². The van der Waals surface area contributed by atoms with Gasteiger partial charge in [0.15, 0.2) is 0 Å². The molecule has 3 nitrogen and oxygen atoms in total. The standard InChI is InChI=1S/C18H22N2O/c1-4-13(3)14-6-8-15(9-7-14)21-17-11-12(2)5-10-16(17)18(19)20/h5-11,13H,4H2,1-3H3,(H3,19,20). The van der Waals surface area contributed by atoms with Gasteiger partial charge >= 0.3 is 0 Å². The van der Waals surface area contributed by atoms with Crippen molar-refractivity contribution in [2.75, 3.05) is 0 Å². The maximum atomic E-state index is 7.63. The molecule has 2 rings (SSSR count). The number of hydrogen-bond donors (Lipinski definition) is 2. The Morgan fingerprint density at radius 1 is 1.19 bits per heavy atom. The van der Waals surface area contributed by atoms with Crippen LogP contribution in [0.1, 0.15) is 42.9 Å². The second kappa shape index (κ2) is 6.44. The second-order valence-electron chi connectivity index (χ2n) is 5.39. The van der Waals surface area contributed by atoms with Crippen LogP contribution in [0.15, 0.2) is 42.5 Å². The molecule has 0 saturated carbocycles. The van der Waals surface area contributed by atoms with Gasteiger partial charge in [0.05, 0.1) is 5.56 Å². The van der Waals surface area contributed by atoms with E-state index in [0.717, 1.165) is 17.7 Å². The van der Waals surface area contributed by atoms with Crippen LogP contribution in [0, 0.1) is 12.3 Å². The highest BCUT2D eigenvalue weighted by Gasteiger charge is 2.09. The summed E-state index contributed by atoms with van der Waals surface area (Å²) < 4.78 is 5.90. The molecule has 3 heteroatoms. The Bertz CT molecular complexity index is 632. The summed E-state index contributed by atoms with van der Waals surface area (Å²) in [4.78, 5) is 0. The van der Waals surface area contributed by atoms with E-state index in [-0.39, 0.29) is 5.84 Å². The van der Waals surface area contributed by atoms with Crippen LogP contribution in [0.5, 0.6) is 11.5 Å². The van der Waals surface area contributed by atoms with Crippen LogP contribution < -0.4 is 10.5 Å². The lowest BCUT2D eigenvalue weighted by Gasteiger charge is -2.13. The summed E-state index contributed by atoms with van der Waals surface area (Å²) >= 11 is 0. The van der Waals surface area contributed by atoms with Crippen LogP contribution in [0.2, 0.25) is 0 Å². The molecule has 0 heterocycles. The quantitative estimate of drug-likeness (QED) is 0.622. The van der Waals surface area contributed by atoms with Crippen molar-refractivity contribution in [2.45, 2.75) is 33.1 Å². The lowest BCUT2D eigenvalue weighted by Crippen LogP contribution is -2.12. The summed E-state index contributed by atoms with van der Waals surface area (Å²) in [6.07, 6.45) is 1.12. The first-order valence-corrected chi connectivity index (χ1v) is 7.24. The molecule has 110 valence electrons. The number of amidine groups is 1. The molecule has 1 atom stereocenters. The van der Waals surface area contributed by atoms with Crippen molar-refractivity contribution in [3.05, 3.63) is 59.2 Å². The Morgan fingerprint density at radius 3 is 2.43 bits per heavy atom. The third-order valence-electron chi connectivity index (χ3n) is 3.72. The lowest BCUT2D eigenvalue weighted by atomic mass is 9.99. The maximum absolute atomic E-state index is 7.63. The molecule has 0 aliphatic heterocycles. The lowest BCUT2D eigenvalue weighted by molar-refractivity contribution is 0.480. The minimum Gasteiger partial charge on any atom is -0.457 e. The van der Waals surface area contributed by atoms with E-state index in [0.29, 0.717) is 17.2 Å². The molecule has 0 saturated heterocycles. The van der Waals surface area contributed by atoms with Gasteiger partial charge in [-0.15, -0.1) is 0 Å². The highest BCUT2D eigenvalue weighted by atomic mass is 16.5. The third kappa shape index (κ3) is 3.63. The van der Waals surface area contributed by atoms with Gasteiger partial charge in [0.25, 0.3) is 0 Å². The van der Waals surface area contributed by atoms with E-state index in [9.17, 15) is 0 Å². The Labute approximate surface area is 126 Å². The molecule has 21 heavy (non-hydrogen) atoms. The van der Waals surface area contributed by atoms with Crippen molar-refractivity contribution >= 4 is 5.84 Å². The molecule has 2 aromatic rings. The summed E-state index contributed by atoms with van der Waals surface area (Å²) in [7, 11) is 0. The Kier molecular flexibility index (Phi) is 4.63. The first-order chi connectivity index (χ1) is 10.0. The first-order valence-electron chi connectivity index (χ1n) is 7.24. The van der Waals surface area contributed by atoms with Gasteiger partial charge in [0, 0.05) is 0 Å². The summed E-state index contributed by atoms with van der Waals surface area (Å²) in [6, 6.07) is 13.8. The molecule has 0 aliphatic carbocycles. The minimum atomic E-state index is 0.0150. The molecular weight excluding hydrogens is 260 g/mol. The highest BCUT2D eigenvalue weighted by molar-refractivity contribution is 5.97. The fourth-order valence-electron chi connectivity index (χ4n) is 2.16. The monoisotopic (exact) mass is 282 g/mol. The van der Waals surface area contributed by atoms with E-state index < -0.39 is 0 Å². The number of ether oxygens (including phenoxy) is 1. The molecular formula is C18H22N2O. The fraction of sp³-hybridized carbons (Fsp3) is 0.278. The maximum Gasteiger partial charge on any atom is 0.138 e. The zero-order chi connectivity index (χ0) is 15.4. The average Bonchev–Trinajstić information content (AvgIpc) is 2.47. The van der Waals surface area contributed by atoms with Gasteiger partial charge in [-0.1, -0.05) is 32.0 Å². The Morgan fingerprint density at radius 2 is 1.86 bits per heavy atom. The van der Waals surface area contributed by atoms with E-state index >= 15 is 0 Å². The van der Waals surface area contributed by atoms with E-state index in [1.807, 2.05) is 37.3 Å². The molecule has 0 aliphatic rings. The number of hydrogen-bond acceptors (Lipinski definition) is 2. The average molecular weight is 282 g/mol. The number of nitrogen functional groups attached to an aromatic ring is 1. The topological polar surface area (TPSA) is 59.1 Å². The minimum absolute atomic E-state index is 0.0150. The van der Waals surface area contributed by atoms with Crippen molar-refractivity contribution in [1.29, 1.82) is 5.41 Å². The Balaban J connectivity index is 2.26. The predicted molar refractivity (Wildman–Crippen MR) is 87.4 cm³/mol. The van der Waals surface area contributed by atoms with Gasteiger partial charge in [0.1, 0.15) is 17.3 Å². The summed E-state index contributed by atoms with van der Waals surface area (Å²) in [5.41, 5.74) is 8.60.